The highest BCUT2D eigenvalue weighted by Crippen LogP contribution is 2.37. The molecule has 0 amide bonds. The van der Waals surface area contributed by atoms with Crippen molar-refractivity contribution in [2.45, 2.75) is 40.0 Å². The molecule has 0 N–H and O–H groups in total. The van der Waals surface area contributed by atoms with Gasteiger partial charge in [0.25, 0.3) is 0 Å². The van der Waals surface area contributed by atoms with Crippen molar-refractivity contribution >= 4 is 5.57 Å². The van der Waals surface area contributed by atoms with Crippen LogP contribution < -0.4 is 0 Å². The highest BCUT2D eigenvalue weighted by atomic mass is 19.1. The van der Waals surface area contributed by atoms with Gasteiger partial charge in [-0.1, -0.05) is 32.1 Å². The molecular weight excluding hydrogens is 199 g/mol. The largest absolute Gasteiger partial charge is 0.207 e. The van der Waals surface area contributed by atoms with Crippen molar-refractivity contribution in [3.63, 3.8) is 0 Å². The van der Waals surface area contributed by atoms with Crippen LogP contribution in [0.4, 0.5) is 4.39 Å². The number of hydrogen-bond acceptors (Lipinski definition) is 0. The number of aryl methyl sites for hydroxylation is 1. The molecule has 0 aromatic heterocycles. The Morgan fingerprint density at radius 1 is 1.25 bits per heavy atom. The van der Waals surface area contributed by atoms with Crippen LogP contribution in [0.25, 0.3) is 5.57 Å². The van der Waals surface area contributed by atoms with Gasteiger partial charge >= 0.3 is 0 Å². The first-order valence-corrected chi connectivity index (χ1v) is 5.93. The molecule has 1 aromatic rings. The van der Waals surface area contributed by atoms with Crippen molar-refractivity contribution in [2.75, 3.05) is 0 Å². The molecule has 1 aliphatic rings. The van der Waals surface area contributed by atoms with Crippen LogP contribution in [0.2, 0.25) is 0 Å². The average molecular weight is 218 g/mol. The zero-order valence-corrected chi connectivity index (χ0v) is 10.3. The highest BCUT2D eigenvalue weighted by Gasteiger charge is 2.21. The fourth-order valence-corrected chi connectivity index (χ4v) is 2.13. The average Bonchev–Trinajstić information content (AvgIpc) is 2.22. The molecule has 1 heteroatoms. The number of allylic oxidation sites excluding steroid dienone is 2. The maximum atomic E-state index is 13.5. The van der Waals surface area contributed by atoms with Crippen molar-refractivity contribution in [1.82, 2.24) is 0 Å². The van der Waals surface area contributed by atoms with Crippen LogP contribution in [0, 0.1) is 18.2 Å². The van der Waals surface area contributed by atoms with E-state index in [1.807, 2.05) is 12.1 Å². The Balaban J connectivity index is 2.26. The van der Waals surface area contributed by atoms with Gasteiger partial charge in [-0.25, -0.2) is 4.39 Å². The van der Waals surface area contributed by atoms with Gasteiger partial charge in [0, 0.05) is 0 Å². The van der Waals surface area contributed by atoms with Crippen LogP contribution in [0.15, 0.2) is 24.3 Å². The van der Waals surface area contributed by atoms with Gasteiger partial charge in [-0.2, -0.15) is 0 Å². The Labute approximate surface area is 97.2 Å². The van der Waals surface area contributed by atoms with Gasteiger partial charge in [0.1, 0.15) is 5.82 Å². The molecule has 0 nitrogen and oxygen atoms in total. The van der Waals surface area contributed by atoms with Crippen LogP contribution in [-0.4, -0.2) is 0 Å². The minimum Gasteiger partial charge on any atom is -0.207 e. The summed E-state index contributed by atoms with van der Waals surface area (Å²) < 4.78 is 13.5. The van der Waals surface area contributed by atoms with Crippen molar-refractivity contribution in [2.24, 2.45) is 5.41 Å². The Bertz CT molecular complexity index is 427. The van der Waals surface area contributed by atoms with Crippen LogP contribution in [0.5, 0.6) is 0 Å². The monoisotopic (exact) mass is 218 g/mol. The van der Waals surface area contributed by atoms with E-state index in [9.17, 15) is 4.39 Å². The standard InChI is InChI=1S/C15H19F/c1-11-4-5-13(10-14(11)16)12-6-8-15(2,3)9-7-12/h4-6,10H,7-9H2,1-3H3. The molecule has 0 heterocycles. The summed E-state index contributed by atoms with van der Waals surface area (Å²) >= 11 is 0. The fraction of sp³-hybridized carbons (Fsp3) is 0.467. The van der Waals surface area contributed by atoms with Crippen molar-refractivity contribution < 1.29 is 4.39 Å². The molecule has 0 bridgehead atoms. The van der Waals surface area contributed by atoms with E-state index in [4.69, 9.17) is 0 Å². The van der Waals surface area contributed by atoms with E-state index < -0.39 is 0 Å². The molecule has 0 saturated carbocycles. The van der Waals surface area contributed by atoms with Gasteiger partial charge < -0.3 is 0 Å². The van der Waals surface area contributed by atoms with Gasteiger partial charge in [0.2, 0.25) is 0 Å². The predicted octanol–water partition coefficient (Wildman–Crippen LogP) is 4.73. The van der Waals surface area contributed by atoms with Crippen LogP contribution in [0.1, 0.15) is 44.2 Å². The van der Waals surface area contributed by atoms with E-state index in [0.29, 0.717) is 5.41 Å². The molecule has 0 aliphatic heterocycles. The van der Waals surface area contributed by atoms with E-state index in [0.717, 1.165) is 24.0 Å². The van der Waals surface area contributed by atoms with E-state index in [1.165, 1.54) is 12.0 Å². The van der Waals surface area contributed by atoms with Gasteiger partial charge in [-0.05, 0) is 54.4 Å². The van der Waals surface area contributed by atoms with E-state index in [-0.39, 0.29) is 5.82 Å². The predicted molar refractivity (Wildman–Crippen MR) is 66.7 cm³/mol. The van der Waals surface area contributed by atoms with Gasteiger partial charge in [-0.15, -0.1) is 0 Å². The molecule has 0 saturated heterocycles. The lowest BCUT2D eigenvalue weighted by Crippen LogP contribution is -2.14. The molecule has 16 heavy (non-hydrogen) atoms. The molecule has 1 aromatic carbocycles. The summed E-state index contributed by atoms with van der Waals surface area (Å²) in [4.78, 5) is 0. The first-order chi connectivity index (χ1) is 7.48. The molecule has 0 unspecified atom stereocenters. The van der Waals surface area contributed by atoms with Crippen LogP contribution in [0.3, 0.4) is 0 Å². The lowest BCUT2D eigenvalue weighted by atomic mass is 9.77. The Morgan fingerprint density at radius 3 is 2.56 bits per heavy atom. The Morgan fingerprint density at radius 2 is 2.00 bits per heavy atom. The summed E-state index contributed by atoms with van der Waals surface area (Å²) in [6.45, 7) is 6.38. The summed E-state index contributed by atoms with van der Waals surface area (Å²) in [5, 5.41) is 0. The normalized spacial score (nSPS) is 19.4. The van der Waals surface area contributed by atoms with Crippen LogP contribution in [-0.2, 0) is 0 Å². The lowest BCUT2D eigenvalue weighted by Gasteiger charge is -2.28. The zero-order chi connectivity index (χ0) is 11.8. The van der Waals surface area contributed by atoms with Crippen molar-refractivity contribution in [3.8, 4) is 0 Å². The minimum atomic E-state index is -0.0942. The SMILES string of the molecule is Cc1ccc(C2=CCC(C)(C)CC2)cc1F. The Kier molecular flexibility index (Phi) is 2.88. The Hall–Kier alpha value is -1.11. The minimum absolute atomic E-state index is 0.0942. The smallest absolute Gasteiger partial charge is 0.126 e. The highest BCUT2D eigenvalue weighted by molar-refractivity contribution is 5.66. The third kappa shape index (κ3) is 2.34. The summed E-state index contributed by atoms with van der Waals surface area (Å²) in [5.41, 5.74) is 3.49. The second-order valence-corrected chi connectivity index (χ2v) is 5.56. The molecule has 86 valence electrons. The third-order valence-corrected chi connectivity index (χ3v) is 3.51. The molecule has 0 radical (unpaired) electrons. The summed E-state index contributed by atoms with van der Waals surface area (Å²) in [6, 6.07) is 5.56. The van der Waals surface area contributed by atoms with E-state index in [1.54, 1.807) is 13.0 Å². The zero-order valence-electron chi connectivity index (χ0n) is 10.3. The second kappa shape index (κ2) is 4.04. The summed E-state index contributed by atoms with van der Waals surface area (Å²) in [7, 11) is 0. The number of rotatable bonds is 1. The number of halogens is 1. The fourth-order valence-electron chi connectivity index (χ4n) is 2.13. The quantitative estimate of drug-likeness (QED) is 0.639. The molecule has 0 atom stereocenters. The molecule has 1 aliphatic carbocycles. The molecular formula is C15H19F. The van der Waals surface area contributed by atoms with Gasteiger partial charge in [-0.3, -0.25) is 0 Å². The molecule has 2 rings (SSSR count). The first kappa shape index (κ1) is 11.4. The lowest BCUT2D eigenvalue weighted by molar-refractivity contribution is 0.335. The number of hydrogen-bond donors (Lipinski definition) is 0. The molecule has 0 spiro atoms. The maximum absolute atomic E-state index is 13.5. The topological polar surface area (TPSA) is 0 Å². The summed E-state index contributed by atoms with van der Waals surface area (Å²) in [5.74, 6) is -0.0942. The van der Waals surface area contributed by atoms with E-state index >= 15 is 0 Å². The van der Waals surface area contributed by atoms with Gasteiger partial charge in [0.15, 0.2) is 0 Å². The number of benzene rings is 1. The van der Waals surface area contributed by atoms with E-state index in [2.05, 4.69) is 19.9 Å². The second-order valence-electron chi connectivity index (χ2n) is 5.56. The first-order valence-electron chi connectivity index (χ1n) is 5.93. The molecule has 0 fully saturated rings. The summed E-state index contributed by atoms with van der Waals surface area (Å²) in [6.07, 6.45) is 5.62. The van der Waals surface area contributed by atoms with Crippen molar-refractivity contribution in [3.05, 3.63) is 41.2 Å². The third-order valence-electron chi connectivity index (χ3n) is 3.51. The van der Waals surface area contributed by atoms with Crippen LogP contribution >= 0.6 is 0 Å². The maximum Gasteiger partial charge on any atom is 0.126 e. The van der Waals surface area contributed by atoms with Gasteiger partial charge in [0.05, 0.1) is 0 Å². The van der Waals surface area contributed by atoms with Crippen molar-refractivity contribution in [1.29, 1.82) is 0 Å².